The van der Waals surface area contributed by atoms with Gasteiger partial charge in [-0.15, -0.1) is 0 Å². The van der Waals surface area contributed by atoms with Crippen molar-refractivity contribution < 1.29 is 9.90 Å². The number of hydrogen-bond donors (Lipinski definition) is 0. The van der Waals surface area contributed by atoms with E-state index in [1.165, 1.54) is 0 Å². The van der Waals surface area contributed by atoms with E-state index in [1.807, 2.05) is 24.3 Å². The average molecular weight is 295 g/mol. The molecule has 0 saturated carbocycles. The molecule has 5 heteroatoms. The monoisotopic (exact) mass is 295 g/mol. The molecule has 104 valence electrons. The zero-order chi connectivity index (χ0) is 14.4. The summed E-state index contributed by atoms with van der Waals surface area (Å²) in [6.07, 6.45) is 0. The first kappa shape index (κ1) is 12.5. The van der Waals surface area contributed by atoms with Crippen LogP contribution >= 0.6 is 11.8 Å². The number of benzene rings is 2. The highest BCUT2D eigenvalue weighted by Crippen LogP contribution is 2.46. The van der Waals surface area contributed by atoms with E-state index in [9.17, 15) is 9.90 Å². The van der Waals surface area contributed by atoms with E-state index in [0.717, 1.165) is 28.4 Å². The maximum absolute atomic E-state index is 10.9. The molecular weight excluding hydrogens is 284 g/mol. The van der Waals surface area contributed by atoms with Crippen molar-refractivity contribution in [3.63, 3.8) is 0 Å². The number of hydrogen-bond acceptors (Lipinski definition) is 5. The quantitative estimate of drug-likeness (QED) is 0.847. The number of carboxylic acids is 1. The van der Waals surface area contributed by atoms with Crippen LogP contribution in [0.15, 0.2) is 58.4 Å². The van der Waals surface area contributed by atoms with Crippen LogP contribution in [0.25, 0.3) is 0 Å². The number of fused-ring (bicyclic) bond motifs is 3. The van der Waals surface area contributed by atoms with Crippen molar-refractivity contribution in [1.82, 2.24) is 0 Å². The first-order valence-electron chi connectivity index (χ1n) is 6.63. The van der Waals surface area contributed by atoms with Crippen LogP contribution in [-0.2, 0) is 0 Å². The molecule has 21 heavy (non-hydrogen) atoms. The molecule has 0 fully saturated rings. The normalized spacial score (nSPS) is 19.1. The lowest BCUT2D eigenvalue weighted by Gasteiger charge is -2.16. The Morgan fingerprint density at radius 2 is 2.05 bits per heavy atom. The molecule has 0 spiro atoms. The second-order valence-electron chi connectivity index (χ2n) is 4.98. The van der Waals surface area contributed by atoms with Crippen LogP contribution < -0.4 is 10.0 Å². The predicted molar refractivity (Wildman–Crippen MR) is 80.7 cm³/mol. The highest BCUT2D eigenvalue weighted by atomic mass is 32.2. The van der Waals surface area contributed by atoms with Crippen molar-refractivity contribution in [2.75, 3.05) is 11.4 Å². The van der Waals surface area contributed by atoms with Crippen LogP contribution in [0, 0.1) is 0 Å². The Balaban J connectivity index is 1.65. The number of aromatic carboxylic acids is 1. The van der Waals surface area contributed by atoms with E-state index in [-0.39, 0.29) is 11.1 Å². The minimum atomic E-state index is -1.14. The van der Waals surface area contributed by atoms with Crippen molar-refractivity contribution in [2.45, 2.75) is 10.4 Å². The van der Waals surface area contributed by atoms with E-state index >= 15 is 0 Å². The number of thioether (sulfide) groups is 1. The topological polar surface area (TPSA) is 55.7 Å². The van der Waals surface area contributed by atoms with Gasteiger partial charge in [0, 0.05) is 4.90 Å². The minimum Gasteiger partial charge on any atom is -0.545 e. The molecule has 4 nitrogen and oxygen atoms in total. The fraction of sp³-hybridized carbons (Fsp3) is 0.125. The van der Waals surface area contributed by atoms with Gasteiger partial charge in [-0.1, -0.05) is 48.2 Å². The maximum atomic E-state index is 10.9. The van der Waals surface area contributed by atoms with E-state index in [0.29, 0.717) is 0 Å². The molecule has 2 heterocycles. The standard InChI is InChI=1S/C16H12N2O2S/c19-15(20)11-6-7-13-14(8-11)21-16-17-12(9-18(13)16)10-4-2-1-3-5-10/h1-8,16H,9H2,(H,19,20)/p-1/t16-/m0/s1. The summed E-state index contributed by atoms with van der Waals surface area (Å²) in [6, 6.07) is 15.2. The Kier molecular flexibility index (Phi) is 2.75. The maximum Gasteiger partial charge on any atom is 0.174 e. The first-order valence-corrected chi connectivity index (χ1v) is 7.51. The van der Waals surface area contributed by atoms with Crippen LogP contribution in [0.5, 0.6) is 0 Å². The summed E-state index contributed by atoms with van der Waals surface area (Å²) in [5.74, 6) is -1.14. The van der Waals surface area contributed by atoms with Crippen LogP contribution in [0.1, 0.15) is 15.9 Å². The SMILES string of the molecule is O=C([O-])c1ccc2c(c1)S[C@H]1N=C(c3ccccc3)CN21. The van der Waals surface area contributed by atoms with Gasteiger partial charge >= 0.3 is 0 Å². The molecule has 0 N–H and O–H groups in total. The number of nitrogens with zero attached hydrogens (tertiary/aromatic N) is 2. The molecule has 2 aliphatic rings. The predicted octanol–water partition coefficient (Wildman–Crippen LogP) is 1.75. The first-order chi connectivity index (χ1) is 10.2. The third-order valence-electron chi connectivity index (χ3n) is 3.70. The molecule has 2 aromatic rings. The average Bonchev–Trinajstić information content (AvgIpc) is 3.04. The lowest BCUT2D eigenvalue weighted by atomic mass is 10.1. The summed E-state index contributed by atoms with van der Waals surface area (Å²) in [7, 11) is 0. The van der Waals surface area contributed by atoms with Crippen LogP contribution in [0.4, 0.5) is 5.69 Å². The van der Waals surface area contributed by atoms with E-state index in [1.54, 1.807) is 23.9 Å². The number of aliphatic imine (C=N–C) groups is 1. The number of anilines is 1. The summed E-state index contributed by atoms with van der Waals surface area (Å²) < 4.78 is 0. The lowest BCUT2D eigenvalue weighted by Crippen LogP contribution is -2.25. The Hall–Kier alpha value is -2.27. The van der Waals surface area contributed by atoms with E-state index in [2.05, 4.69) is 17.0 Å². The third-order valence-corrected chi connectivity index (χ3v) is 4.85. The Bertz CT molecular complexity index is 758. The lowest BCUT2D eigenvalue weighted by molar-refractivity contribution is -0.255. The van der Waals surface area contributed by atoms with Gasteiger partial charge in [0.1, 0.15) is 0 Å². The van der Waals surface area contributed by atoms with Gasteiger partial charge in [0.25, 0.3) is 0 Å². The van der Waals surface area contributed by atoms with Gasteiger partial charge in [-0.25, -0.2) is 0 Å². The van der Waals surface area contributed by atoms with E-state index in [4.69, 9.17) is 4.99 Å². The number of carbonyl (C=O) groups excluding carboxylic acids is 1. The third kappa shape index (κ3) is 2.01. The molecule has 1 atom stereocenters. The van der Waals surface area contributed by atoms with Gasteiger partial charge in [0.2, 0.25) is 0 Å². The van der Waals surface area contributed by atoms with Crippen LogP contribution in [-0.4, -0.2) is 23.7 Å². The fourth-order valence-electron chi connectivity index (χ4n) is 2.66. The molecule has 2 aromatic carbocycles. The van der Waals surface area contributed by atoms with Crippen molar-refractivity contribution in [3.8, 4) is 0 Å². The Morgan fingerprint density at radius 1 is 1.24 bits per heavy atom. The summed E-state index contributed by atoms with van der Waals surface area (Å²) >= 11 is 1.58. The van der Waals surface area contributed by atoms with Crippen LogP contribution in [0.2, 0.25) is 0 Å². The molecule has 0 radical (unpaired) electrons. The van der Waals surface area contributed by atoms with Crippen molar-refractivity contribution in [2.24, 2.45) is 4.99 Å². The molecule has 0 amide bonds. The molecule has 0 bridgehead atoms. The van der Waals surface area contributed by atoms with Crippen molar-refractivity contribution in [1.29, 1.82) is 0 Å². The van der Waals surface area contributed by atoms with Gasteiger partial charge in [-0.3, -0.25) is 4.99 Å². The van der Waals surface area contributed by atoms with Gasteiger partial charge in [-0.05, 0) is 23.3 Å². The number of carbonyl (C=O) groups is 1. The van der Waals surface area contributed by atoms with Gasteiger partial charge in [0.05, 0.1) is 23.9 Å². The highest BCUT2D eigenvalue weighted by molar-refractivity contribution is 8.00. The second-order valence-corrected chi connectivity index (χ2v) is 6.08. The van der Waals surface area contributed by atoms with Gasteiger partial charge in [0.15, 0.2) is 5.50 Å². The largest absolute Gasteiger partial charge is 0.545 e. The molecule has 2 aliphatic heterocycles. The zero-order valence-electron chi connectivity index (χ0n) is 11.0. The molecule has 0 unspecified atom stereocenters. The van der Waals surface area contributed by atoms with Crippen LogP contribution in [0.3, 0.4) is 0 Å². The summed E-state index contributed by atoms with van der Waals surface area (Å²) in [4.78, 5) is 18.8. The molecule has 0 saturated heterocycles. The molecule has 0 aliphatic carbocycles. The zero-order valence-corrected chi connectivity index (χ0v) is 11.8. The Morgan fingerprint density at radius 3 is 2.81 bits per heavy atom. The minimum absolute atomic E-state index is 0.00668. The number of carboxylic acid groups (broad SMARTS) is 1. The highest BCUT2D eigenvalue weighted by Gasteiger charge is 2.35. The van der Waals surface area contributed by atoms with Gasteiger partial charge < -0.3 is 14.8 Å². The van der Waals surface area contributed by atoms with Crippen molar-refractivity contribution >= 4 is 29.1 Å². The van der Waals surface area contributed by atoms with E-state index < -0.39 is 5.97 Å². The molecular formula is C16H11N2O2S-. The van der Waals surface area contributed by atoms with Gasteiger partial charge in [-0.2, -0.15) is 0 Å². The fourth-order valence-corrected chi connectivity index (χ4v) is 3.88. The smallest absolute Gasteiger partial charge is 0.174 e. The summed E-state index contributed by atoms with van der Waals surface area (Å²) in [5.41, 5.74) is 3.48. The molecule has 0 aromatic heterocycles. The van der Waals surface area contributed by atoms with Crippen molar-refractivity contribution in [3.05, 3.63) is 59.7 Å². The number of rotatable bonds is 2. The summed E-state index contributed by atoms with van der Waals surface area (Å²) in [6.45, 7) is 0.749. The second kappa shape index (κ2) is 4.63. The summed E-state index contributed by atoms with van der Waals surface area (Å²) in [5, 5.41) is 10.9. The molecule has 4 rings (SSSR count). The Labute approximate surface area is 126 Å².